The largest absolute Gasteiger partial charge is 0.495 e. The molecule has 11 heteroatoms. The quantitative estimate of drug-likeness (QED) is 0.166. The molecule has 0 saturated heterocycles. The monoisotopic (exact) mass is 679 g/mol. The van der Waals surface area contributed by atoms with Crippen LogP contribution in [0.4, 0.5) is 10.1 Å². The van der Waals surface area contributed by atoms with Gasteiger partial charge in [0.15, 0.2) is 0 Å². The van der Waals surface area contributed by atoms with E-state index in [2.05, 4.69) is 5.32 Å². The lowest BCUT2D eigenvalue weighted by molar-refractivity contribution is -0.140. The van der Waals surface area contributed by atoms with Crippen LogP contribution in [-0.2, 0) is 32.6 Å². The summed E-state index contributed by atoms with van der Waals surface area (Å²) in [7, 11) is -3.00. The average molecular weight is 680 g/mol. The van der Waals surface area contributed by atoms with Gasteiger partial charge in [-0.25, -0.2) is 12.8 Å². The Kier molecular flexibility index (Phi) is 12.0. The number of benzene rings is 4. The highest BCUT2D eigenvalue weighted by atomic mass is 35.5. The second kappa shape index (κ2) is 15.9. The number of carbonyl (C=O) groups excluding carboxylic acids is 2. The van der Waals surface area contributed by atoms with E-state index in [0.29, 0.717) is 6.54 Å². The molecule has 0 fully saturated rings. The van der Waals surface area contributed by atoms with Crippen LogP contribution in [0.5, 0.6) is 5.75 Å². The molecule has 4 aromatic rings. The third kappa shape index (κ3) is 9.11. The standard InChI is InChI=1S/C36H39ClFN3O5S/c1-25(2)22-39-36(43)33(20-27-10-6-5-7-11-27)40(23-28-12-8-9-13-31(28)38)35(42)24-41(32-21-29(37)16-19-34(32)46-4)47(44,45)30-17-14-26(3)15-18-30/h5-19,21,25,33H,20,22-24H2,1-4H3,(H,39,43)/t33-/m0/s1. The summed E-state index contributed by atoms with van der Waals surface area (Å²) in [6.45, 7) is 5.05. The predicted molar refractivity (Wildman–Crippen MR) is 182 cm³/mol. The number of hydrogen-bond donors (Lipinski definition) is 1. The van der Waals surface area contributed by atoms with Crippen LogP contribution in [0.15, 0.2) is 102 Å². The third-order valence-electron chi connectivity index (χ3n) is 7.55. The van der Waals surface area contributed by atoms with Crippen LogP contribution in [0.25, 0.3) is 0 Å². The maximum Gasteiger partial charge on any atom is 0.264 e. The molecule has 0 aliphatic rings. The van der Waals surface area contributed by atoms with Gasteiger partial charge < -0.3 is 15.0 Å². The minimum Gasteiger partial charge on any atom is -0.495 e. The summed E-state index contributed by atoms with van der Waals surface area (Å²) < 4.78 is 50.1. The van der Waals surface area contributed by atoms with Gasteiger partial charge in [0, 0.05) is 30.1 Å². The minimum absolute atomic E-state index is 0.0311. The summed E-state index contributed by atoms with van der Waals surface area (Å²) in [4.78, 5) is 29.6. The summed E-state index contributed by atoms with van der Waals surface area (Å²) in [5.41, 5.74) is 1.82. The Morgan fingerprint density at radius 3 is 2.23 bits per heavy atom. The zero-order valence-corrected chi connectivity index (χ0v) is 28.4. The van der Waals surface area contributed by atoms with Crippen molar-refractivity contribution < 1.29 is 27.1 Å². The maximum absolute atomic E-state index is 15.1. The highest BCUT2D eigenvalue weighted by Gasteiger charge is 2.36. The second-order valence-corrected chi connectivity index (χ2v) is 13.9. The number of anilines is 1. The molecule has 0 unspecified atom stereocenters. The minimum atomic E-state index is -4.38. The van der Waals surface area contributed by atoms with Crippen LogP contribution in [0, 0.1) is 18.7 Å². The zero-order valence-electron chi connectivity index (χ0n) is 26.8. The molecule has 4 aromatic carbocycles. The molecule has 0 saturated carbocycles. The molecule has 248 valence electrons. The molecule has 4 rings (SSSR count). The van der Waals surface area contributed by atoms with Crippen LogP contribution < -0.4 is 14.4 Å². The number of rotatable bonds is 14. The first-order valence-electron chi connectivity index (χ1n) is 15.2. The summed E-state index contributed by atoms with van der Waals surface area (Å²) in [6, 6.07) is 24.7. The van der Waals surface area contributed by atoms with E-state index in [1.807, 2.05) is 51.1 Å². The van der Waals surface area contributed by atoms with Crippen molar-refractivity contribution in [2.45, 2.75) is 44.7 Å². The molecule has 1 atom stereocenters. The lowest BCUT2D eigenvalue weighted by Gasteiger charge is -2.34. The van der Waals surface area contributed by atoms with E-state index < -0.39 is 40.2 Å². The smallest absolute Gasteiger partial charge is 0.264 e. The van der Waals surface area contributed by atoms with Gasteiger partial charge in [0.2, 0.25) is 11.8 Å². The summed E-state index contributed by atoms with van der Waals surface area (Å²) in [5, 5.41) is 3.13. The van der Waals surface area contributed by atoms with Crippen molar-refractivity contribution in [1.82, 2.24) is 10.2 Å². The molecule has 0 heterocycles. The molecule has 1 N–H and O–H groups in total. The van der Waals surface area contributed by atoms with E-state index in [0.717, 1.165) is 15.4 Å². The second-order valence-electron chi connectivity index (χ2n) is 11.6. The summed E-state index contributed by atoms with van der Waals surface area (Å²) in [6.07, 6.45) is 0.107. The number of halogens is 2. The van der Waals surface area contributed by atoms with Crippen LogP contribution in [0.2, 0.25) is 5.02 Å². The Labute approximate surface area is 281 Å². The van der Waals surface area contributed by atoms with E-state index in [-0.39, 0.29) is 45.8 Å². The van der Waals surface area contributed by atoms with Gasteiger partial charge in [0.1, 0.15) is 24.2 Å². The number of sulfonamides is 1. The molecule has 0 spiro atoms. The Morgan fingerprint density at radius 1 is 0.936 bits per heavy atom. The van der Waals surface area contributed by atoms with E-state index >= 15 is 4.39 Å². The molecule has 47 heavy (non-hydrogen) atoms. The van der Waals surface area contributed by atoms with E-state index in [1.54, 1.807) is 24.3 Å². The molecule has 0 aliphatic heterocycles. The van der Waals surface area contributed by atoms with Gasteiger partial charge in [-0.05, 0) is 54.8 Å². The number of ether oxygens (including phenoxy) is 1. The van der Waals surface area contributed by atoms with Crippen molar-refractivity contribution in [2.24, 2.45) is 5.92 Å². The number of nitrogens with one attached hydrogen (secondary N) is 1. The zero-order chi connectivity index (χ0) is 34.1. The number of aryl methyl sites for hydroxylation is 1. The lowest BCUT2D eigenvalue weighted by atomic mass is 10.0. The van der Waals surface area contributed by atoms with Crippen molar-refractivity contribution in [2.75, 3.05) is 24.5 Å². The number of hydrogen-bond acceptors (Lipinski definition) is 5. The highest BCUT2D eigenvalue weighted by molar-refractivity contribution is 7.92. The number of amides is 2. The van der Waals surface area contributed by atoms with Crippen molar-refractivity contribution >= 4 is 39.1 Å². The molecule has 8 nitrogen and oxygen atoms in total. The summed E-state index contributed by atoms with van der Waals surface area (Å²) in [5.74, 6) is -1.45. The van der Waals surface area contributed by atoms with Crippen LogP contribution in [0.1, 0.15) is 30.5 Å². The van der Waals surface area contributed by atoms with Crippen molar-refractivity contribution in [1.29, 1.82) is 0 Å². The molecular formula is C36H39ClFN3O5S. The van der Waals surface area contributed by atoms with E-state index in [9.17, 15) is 18.0 Å². The highest BCUT2D eigenvalue weighted by Crippen LogP contribution is 2.35. The van der Waals surface area contributed by atoms with Crippen LogP contribution >= 0.6 is 11.6 Å². The predicted octanol–water partition coefficient (Wildman–Crippen LogP) is 6.40. The molecule has 0 radical (unpaired) electrons. The fraction of sp³-hybridized carbons (Fsp3) is 0.278. The third-order valence-corrected chi connectivity index (χ3v) is 9.56. The number of carbonyl (C=O) groups is 2. The van der Waals surface area contributed by atoms with Crippen LogP contribution in [0.3, 0.4) is 0 Å². The van der Waals surface area contributed by atoms with Gasteiger partial charge in [-0.2, -0.15) is 0 Å². The molecule has 2 amide bonds. The first-order chi connectivity index (χ1) is 22.4. The van der Waals surface area contributed by atoms with Crippen molar-refractivity contribution in [3.8, 4) is 5.75 Å². The molecule has 0 bridgehead atoms. The fourth-order valence-corrected chi connectivity index (χ4v) is 6.58. The van der Waals surface area contributed by atoms with Crippen molar-refractivity contribution in [3.63, 3.8) is 0 Å². The van der Waals surface area contributed by atoms with Gasteiger partial charge in [0.25, 0.3) is 10.0 Å². The van der Waals surface area contributed by atoms with Crippen LogP contribution in [-0.4, -0.2) is 51.4 Å². The van der Waals surface area contributed by atoms with E-state index in [4.69, 9.17) is 16.3 Å². The van der Waals surface area contributed by atoms with E-state index in [1.165, 1.54) is 54.5 Å². The Bertz CT molecular complexity index is 1790. The first kappa shape index (κ1) is 35.4. The number of nitrogens with zero attached hydrogens (tertiary/aromatic N) is 2. The normalized spacial score (nSPS) is 12.0. The van der Waals surface area contributed by atoms with Crippen molar-refractivity contribution in [3.05, 3.63) is 125 Å². The van der Waals surface area contributed by atoms with Gasteiger partial charge in [-0.15, -0.1) is 0 Å². The number of methoxy groups -OCH3 is 1. The molecule has 0 aromatic heterocycles. The first-order valence-corrected chi connectivity index (χ1v) is 17.0. The van der Waals surface area contributed by atoms with Gasteiger partial charge in [-0.3, -0.25) is 13.9 Å². The maximum atomic E-state index is 15.1. The Hall–Kier alpha value is -4.41. The SMILES string of the molecule is COc1ccc(Cl)cc1N(CC(=O)N(Cc1ccccc1F)[C@@H](Cc1ccccc1)C(=O)NCC(C)C)S(=O)(=O)c1ccc(C)cc1. The Morgan fingerprint density at radius 2 is 1.60 bits per heavy atom. The lowest BCUT2D eigenvalue weighted by Crippen LogP contribution is -2.53. The van der Waals surface area contributed by atoms with Gasteiger partial charge >= 0.3 is 0 Å². The topological polar surface area (TPSA) is 96.0 Å². The fourth-order valence-electron chi connectivity index (χ4n) is 5.00. The Balaban J connectivity index is 1.86. The average Bonchev–Trinajstić information content (AvgIpc) is 3.05. The summed E-state index contributed by atoms with van der Waals surface area (Å²) >= 11 is 6.33. The van der Waals surface area contributed by atoms with Gasteiger partial charge in [-0.1, -0.05) is 91.7 Å². The molecular weight excluding hydrogens is 641 g/mol. The van der Waals surface area contributed by atoms with Gasteiger partial charge in [0.05, 0.1) is 17.7 Å². The molecule has 0 aliphatic carbocycles.